The van der Waals surface area contributed by atoms with Crippen LogP contribution in [0.15, 0.2) is 23.2 Å². The Kier molecular flexibility index (Phi) is 3.93. The van der Waals surface area contributed by atoms with Gasteiger partial charge in [0.05, 0.1) is 6.33 Å². The second-order valence-electron chi connectivity index (χ2n) is 6.43. The Morgan fingerprint density at radius 2 is 2.09 bits per heavy atom. The summed E-state index contributed by atoms with van der Waals surface area (Å²) in [6, 6.07) is 0. The highest BCUT2D eigenvalue weighted by molar-refractivity contribution is 5.00. The standard InChI is InChI=1S/C16H22N4O2/c1-2-4-12(5-3-1)15-18-16(22-19-15)14-13(6-9-21-14)10-20-8-7-17-11-20/h7-8,11-14H,1-6,9-10H2/t13-,14-/m0/s1. The lowest BCUT2D eigenvalue weighted by Gasteiger charge is -2.18. The predicted octanol–water partition coefficient (Wildman–Crippen LogP) is 3.09. The molecule has 118 valence electrons. The van der Waals surface area contributed by atoms with Gasteiger partial charge in [0.1, 0.15) is 6.10 Å². The summed E-state index contributed by atoms with van der Waals surface area (Å²) in [4.78, 5) is 8.77. The van der Waals surface area contributed by atoms with E-state index in [2.05, 4.69) is 19.7 Å². The summed E-state index contributed by atoms with van der Waals surface area (Å²) in [5.41, 5.74) is 0. The number of rotatable bonds is 4. The molecule has 2 fully saturated rings. The lowest BCUT2D eigenvalue weighted by atomic mass is 9.89. The first-order valence-electron chi connectivity index (χ1n) is 8.31. The largest absolute Gasteiger partial charge is 0.368 e. The number of hydrogen-bond donors (Lipinski definition) is 0. The summed E-state index contributed by atoms with van der Waals surface area (Å²) < 4.78 is 13.5. The number of aromatic nitrogens is 4. The summed E-state index contributed by atoms with van der Waals surface area (Å²) in [5.74, 6) is 2.38. The molecule has 6 heteroatoms. The summed E-state index contributed by atoms with van der Waals surface area (Å²) in [7, 11) is 0. The van der Waals surface area contributed by atoms with Crippen LogP contribution in [-0.4, -0.2) is 26.3 Å². The molecule has 2 aromatic heterocycles. The highest BCUT2D eigenvalue weighted by Crippen LogP contribution is 2.37. The van der Waals surface area contributed by atoms with E-state index < -0.39 is 0 Å². The minimum atomic E-state index is -0.0766. The molecule has 1 aliphatic heterocycles. The zero-order chi connectivity index (χ0) is 14.8. The number of ether oxygens (including phenoxy) is 1. The fraction of sp³-hybridized carbons (Fsp3) is 0.688. The third-order valence-electron chi connectivity index (χ3n) is 4.89. The van der Waals surface area contributed by atoms with Crippen LogP contribution in [0.2, 0.25) is 0 Å². The Morgan fingerprint density at radius 1 is 1.18 bits per heavy atom. The second-order valence-corrected chi connectivity index (χ2v) is 6.43. The van der Waals surface area contributed by atoms with Gasteiger partial charge in [-0.05, 0) is 19.3 Å². The van der Waals surface area contributed by atoms with Crippen LogP contribution in [0.3, 0.4) is 0 Å². The maximum Gasteiger partial charge on any atom is 0.256 e. The fourth-order valence-corrected chi connectivity index (χ4v) is 3.65. The quantitative estimate of drug-likeness (QED) is 0.868. The topological polar surface area (TPSA) is 66.0 Å². The van der Waals surface area contributed by atoms with E-state index in [1.54, 1.807) is 6.20 Å². The molecule has 0 unspecified atom stereocenters. The summed E-state index contributed by atoms with van der Waals surface area (Å²) >= 11 is 0. The van der Waals surface area contributed by atoms with Crippen LogP contribution in [0.4, 0.5) is 0 Å². The molecule has 1 saturated carbocycles. The van der Waals surface area contributed by atoms with E-state index in [0.717, 1.165) is 25.4 Å². The van der Waals surface area contributed by atoms with Gasteiger partial charge in [-0.3, -0.25) is 0 Å². The molecule has 4 rings (SSSR count). The van der Waals surface area contributed by atoms with E-state index >= 15 is 0 Å². The van der Waals surface area contributed by atoms with Crippen molar-refractivity contribution in [2.24, 2.45) is 5.92 Å². The van der Waals surface area contributed by atoms with Crippen LogP contribution >= 0.6 is 0 Å². The Labute approximate surface area is 129 Å². The smallest absolute Gasteiger partial charge is 0.256 e. The molecular weight excluding hydrogens is 280 g/mol. The molecule has 1 saturated heterocycles. The Hall–Kier alpha value is -1.69. The van der Waals surface area contributed by atoms with Crippen molar-refractivity contribution in [1.29, 1.82) is 0 Å². The van der Waals surface area contributed by atoms with Gasteiger partial charge in [-0.15, -0.1) is 0 Å². The molecule has 0 amide bonds. The van der Waals surface area contributed by atoms with Crippen LogP contribution in [0.25, 0.3) is 0 Å². The van der Waals surface area contributed by atoms with Gasteiger partial charge in [0.25, 0.3) is 5.89 Å². The summed E-state index contributed by atoms with van der Waals surface area (Å²) in [5, 5.41) is 4.23. The van der Waals surface area contributed by atoms with Crippen molar-refractivity contribution in [3.63, 3.8) is 0 Å². The monoisotopic (exact) mass is 302 g/mol. The lowest BCUT2D eigenvalue weighted by molar-refractivity contribution is 0.0586. The van der Waals surface area contributed by atoms with Gasteiger partial charge >= 0.3 is 0 Å². The molecule has 0 spiro atoms. The Bertz CT molecular complexity index is 589. The van der Waals surface area contributed by atoms with E-state index in [1.165, 1.54) is 32.1 Å². The van der Waals surface area contributed by atoms with Crippen LogP contribution in [0.5, 0.6) is 0 Å². The Balaban J connectivity index is 1.47. The average molecular weight is 302 g/mol. The van der Waals surface area contributed by atoms with Gasteiger partial charge in [-0.1, -0.05) is 24.4 Å². The zero-order valence-electron chi connectivity index (χ0n) is 12.7. The van der Waals surface area contributed by atoms with Crippen molar-refractivity contribution >= 4 is 0 Å². The molecule has 0 bridgehead atoms. The van der Waals surface area contributed by atoms with Crippen molar-refractivity contribution in [2.75, 3.05) is 6.61 Å². The molecule has 0 radical (unpaired) electrons. The minimum Gasteiger partial charge on any atom is -0.368 e. The third-order valence-corrected chi connectivity index (χ3v) is 4.89. The van der Waals surface area contributed by atoms with Gasteiger partial charge in [-0.2, -0.15) is 4.98 Å². The number of hydrogen-bond acceptors (Lipinski definition) is 5. The van der Waals surface area contributed by atoms with Crippen molar-refractivity contribution in [1.82, 2.24) is 19.7 Å². The molecule has 2 aliphatic rings. The van der Waals surface area contributed by atoms with Crippen molar-refractivity contribution in [3.8, 4) is 0 Å². The molecule has 0 aromatic carbocycles. The zero-order valence-corrected chi connectivity index (χ0v) is 12.7. The van der Waals surface area contributed by atoms with Crippen molar-refractivity contribution < 1.29 is 9.26 Å². The molecule has 2 atom stereocenters. The lowest BCUT2D eigenvalue weighted by Crippen LogP contribution is -2.14. The number of imidazole rings is 1. The summed E-state index contributed by atoms with van der Waals surface area (Å²) in [6.07, 6.45) is 12.8. The van der Waals surface area contributed by atoms with Crippen molar-refractivity contribution in [2.45, 2.75) is 57.1 Å². The van der Waals surface area contributed by atoms with Gasteiger partial charge < -0.3 is 13.8 Å². The van der Waals surface area contributed by atoms with Crippen LogP contribution in [0, 0.1) is 5.92 Å². The minimum absolute atomic E-state index is 0.0766. The highest BCUT2D eigenvalue weighted by atomic mass is 16.5. The molecule has 0 N–H and O–H groups in total. The molecule has 2 aromatic rings. The van der Waals surface area contributed by atoms with Gasteiger partial charge in [0, 0.05) is 37.4 Å². The maximum absolute atomic E-state index is 5.87. The van der Waals surface area contributed by atoms with E-state index in [9.17, 15) is 0 Å². The SMILES string of the molecule is c1cn(C[C@@H]2CCO[C@@H]2c2nc(C3CCCCC3)no2)cn1. The van der Waals surface area contributed by atoms with E-state index in [4.69, 9.17) is 9.26 Å². The number of nitrogens with zero attached hydrogens (tertiary/aromatic N) is 4. The molecule has 3 heterocycles. The molecular formula is C16H22N4O2. The van der Waals surface area contributed by atoms with E-state index in [1.807, 2.05) is 12.5 Å². The maximum atomic E-state index is 5.87. The average Bonchev–Trinajstić information content (AvgIpc) is 3.30. The highest BCUT2D eigenvalue weighted by Gasteiger charge is 2.35. The third kappa shape index (κ3) is 2.79. The van der Waals surface area contributed by atoms with Gasteiger partial charge in [0.2, 0.25) is 0 Å². The van der Waals surface area contributed by atoms with Crippen LogP contribution in [-0.2, 0) is 11.3 Å². The fourth-order valence-electron chi connectivity index (χ4n) is 3.65. The molecule has 1 aliphatic carbocycles. The van der Waals surface area contributed by atoms with Crippen LogP contribution in [0.1, 0.15) is 62.3 Å². The van der Waals surface area contributed by atoms with Crippen molar-refractivity contribution in [3.05, 3.63) is 30.4 Å². The normalized spacial score (nSPS) is 26.5. The van der Waals surface area contributed by atoms with E-state index in [-0.39, 0.29) is 6.10 Å². The molecule has 22 heavy (non-hydrogen) atoms. The van der Waals surface area contributed by atoms with Gasteiger partial charge in [-0.25, -0.2) is 4.98 Å². The predicted molar refractivity (Wildman–Crippen MR) is 79.2 cm³/mol. The summed E-state index contributed by atoms with van der Waals surface area (Å²) in [6.45, 7) is 1.64. The van der Waals surface area contributed by atoms with E-state index in [0.29, 0.717) is 17.7 Å². The Morgan fingerprint density at radius 3 is 2.91 bits per heavy atom. The first kappa shape index (κ1) is 13.9. The first-order chi connectivity index (χ1) is 10.9. The second kappa shape index (κ2) is 6.20. The van der Waals surface area contributed by atoms with Crippen LogP contribution < -0.4 is 0 Å². The first-order valence-corrected chi connectivity index (χ1v) is 8.31. The molecule has 6 nitrogen and oxygen atoms in total. The van der Waals surface area contributed by atoms with Gasteiger partial charge in [0.15, 0.2) is 5.82 Å².